The predicted molar refractivity (Wildman–Crippen MR) is 67.5 cm³/mol. The summed E-state index contributed by atoms with van der Waals surface area (Å²) >= 11 is 3.55. The van der Waals surface area contributed by atoms with E-state index in [9.17, 15) is 0 Å². The summed E-state index contributed by atoms with van der Waals surface area (Å²) in [5.41, 5.74) is -0.162. The van der Waals surface area contributed by atoms with E-state index in [1.54, 1.807) is 0 Å². The van der Waals surface area contributed by atoms with Crippen LogP contribution in [0.3, 0.4) is 0 Å². The number of rotatable bonds is 2. The van der Waals surface area contributed by atoms with Gasteiger partial charge in [-0.3, -0.25) is 0 Å². The predicted octanol–water partition coefficient (Wildman–Crippen LogP) is 2.29. The Hall–Kier alpha value is -0.320. The molecule has 2 aliphatic heterocycles. The van der Waals surface area contributed by atoms with Crippen LogP contribution in [-0.2, 0) is 9.47 Å². The third kappa shape index (κ3) is 3.09. The van der Waals surface area contributed by atoms with Crippen LogP contribution in [0.1, 0.15) is 13.8 Å². The van der Waals surface area contributed by atoms with Gasteiger partial charge in [0.15, 0.2) is 0 Å². The summed E-state index contributed by atoms with van der Waals surface area (Å²) in [7, 11) is 0. The highest BCUT2D eigenvalue weighted by atomic mass is 79.9. The van der Waals surface area contributed by atoms with Crippen LogP contribution in [-0.4, -0.2) is 42.9 Å². The van der Waals surface area contributed by atoms with Crippen molar-refractivity contribution in [1.29, 1.82) is 0 Å². The zero-order valence-corrected chi connectivity index (χ0v) is 11.4. The molecule has 0 amide bonds. The largest absolute Gasteiger partial charge is 0.376 e. The Labute approximate surface area is 105 Å². The van der Waals surface area contributed by atoms with Crippen LogP contribution in [0.5, 0.6) is 0 Å². The van der Waals surface area contributed by atoms with E-state index in [0.717, 1.165) is 17.7 Å². The molecular weight excluding hydrogens is 270 g/mol. The first-order chi connectivity index (χ1) is 7.57. The van der Waals surface area contributed by atoms with E-state index >= 15 is 0 Å². The molecule has 2 heterocycles. The first-order valence-corrected chi connectivity index (χ1v) is 6.39. The number of nitrogens with zero attached hydrogens (tertiary/aromatic N) is 1. The molecule has 90 valence electrons. The second-order valence-electron chi connectivity index (χ2n) is 4.84. The number of hydrogen-bond acceptors (Lipinski definition) is 3. The van der Waals surface area contributed by atoms with Crippen molar-refractivity contribution >= 4 is 15.9 Å². The lowest BCUT2D eigenvalue weighted by Crippen LogP contribution is -2.47. The lowest BCUT2D eigenvalue weighted by atomic mass is 10.1. The van der Waals surface area contributed by atoms with Crippen LogP contribution in [0.2, 0.25) is 0 Å². The molecule has 1 saturated heterocycles. The smallest absolute Gasteiger partial charge is 0.0991 e. The van der Waals surface area contributed by atoms with E-state index in [4.69, 9.17) is 9.47 Å². The van der Waals surface area contributed by atoms with E-state index in [-0.39, 0.29) is 11.7 Å². The molecule has 1 fully saturated rings. The maximum Gasteiger partial charge on any atom is 0.0991 e. The van der Waals surface area contributed by atoms with Gasteiger partial charge in [-0.25, -0.2) is 0 Å². The second kappa shape index (κ2) is 4.90. The molecule has 1 atom stereocenters. The SMILES string of the molecule is CC1(C)COCC(CN2CC=CC=C2Br)O1. The molecule has 4 heteroatoms. The van der Waals surface area contributed by atoms with Gasteiger partial charge in [0.05, 0.1) is 29.5 Å². The van der Waals surface area contributed by atoms with Gasteiger partial charge >= 0.3 is 0 Å². The maximum absolute atomic E-state index is 5.99. The van der Waals surface area contributed by atoms with Gasteiger partial charge in [0.2, 0.25) is 0 Å². The van der Waals surface area contributed by atoms with Gasteiger partial charge in [-0.05, 0) is 35.9 Å². The fourth-order valence-corrected chi connectivity index (χ4v) is 2.42. The van der Waals surface area contributed by atoms with Crippen LogP contribution in [0, 0.1) is 0 Å². The van der Waals surface area contributed by atoms with E-state index in [1.807, 2.05) is 0 Å². The highest BCUT2D eigenvalue weighted by molar-refractivity contribution is 9.11. The van der Waals surface area contributed by atoms with Gasteiger partial charge < -0.3 is 14.4 Å². The molecule has 2 rings (SSSR count). The Morgan fingerprint density at radius 2 is 2.38 bits per heavy atom. The average molecular weight is 288 g/mol. The topological polar surface area (TPSA) is 21.7 Å². The molecule has 2 aliphatic rings. The first kappa shape index (κ1) is 12.1. The average Bonchev–Trinajstić information content (AvgIpc) is 2.20. The quantitative estimate of drug-likeness (QED) is 0.728. The third-order valence-corrected chi connectivity index (χ3v) is 3.43. The monoisotopic (exact) mass is 287 g/mol. The van der Waals surface area contributed by atoms with Crippen molar-refractivity contribution in [1.82, 2.24) is 4.90 Å². The molecule has 16 heavy (non-hydrogen) atoms. The van der Waals surface area contributed by atoms with Crippen molar-refractivity contribution in [3.05, 3.63) is 22.8 Å². The minimum absolute atomic E-state index is 0.149. The van der Waals surface area contributed by atoms with Crippen molar-refractivity contribution in [3.8, 4) is 0 Å². The maximum atomic E-state index is 5.99. The Morgan fingerprint density at radius 1 is 1.56 bits per heavy atom. The molecule has 0 N–H and O–H groups in total. The van der Waals surface area contributed by atoms with Gasteiger partial charge in [0, 0.05) is 13.1 Å². The van der Waals surface area contributed by atoms with E-state index in [0.29, 0.717) is 13.2 Å². The molecule has 0 bridgehead atoms. The number of halogens is 1. The summed E-state index contributed by atoms with van der Waals surface area (Å²) in [6.45, 7) is 7.30. The summed E-state index contributed by atoms with van der Waals surface area (Å²) in [6.07, 6.45) is 6.40. The van der Waals surface area contributed by atoms with Crippen LogP contribution in [0.25, 0.3) is 0 Å². The lowest BCUT2D eigenvalue weighted by Gasteiger charge is -2.38. The fourth-order valence-electron chi connectivity index (χ4n) is 1.98. The first-order valence-electron chi connectivity index (χ1n) is 5.60. The van der Waals surface area contributed by atoms with Crippen LogP contribution >= 0.6 is 15.9 Å². The molecule has 0 aliphatic carbocycles. The minimum atomic E-state index is -0.162. The molecular formula is C12H18BrNO2. The lowest BCUT2D eigenvalue weighted by molar-refractivity contribution is -0.184. The van der Waals surface area contributed by atoms with E-state index < -0.39 is 0 Å². The van der Waals surface area contributed by atoms with Gasteiger partial charge in [-0.15, -0.1) is 0 Å². The molecule has 0 aromatic carbocycles. The Balaban J connectivity index is 1.90. The van der Waals surface area contributed by atoms with Gasteiger partial charge in [-0.2, -0.15) is 0 Å². The van der Waals surface area contributed by atoms with Crippen molar-refractivity contribution in [2.75, 3.05) is 26.3 Å². The zero-order valence-electron chi connectivity index (χ0n) is 9.78. The second-order valence-corrected chi connectivity index (χ2v) is 5.65. The number of hydrogen-bond donors (Lipinski definition) is 0. The van der Waals surface area contributed by atoms with Crippen LogP contribution in [0.15, 0.2) is 22.8 Å². The summed E-state index contributed by atoms with van der Waals surface area (Å²) < 4.78 is 12.7. The Morgan fingerprint density at radius 3 is 3.06 bits per heavy atom. The zero-order chi connectivity index (χ0) is 11.6. The minimum Gasteiger partial charge on any atom is -0.376 e. The normalized spacial score (nSPS) is 29.1. The molecule has 0 radical (unpaired) electrons. The van der Waals surface area contributed by atoms with Gasteiger partial charge in [-0.1, -0.05) is 12.2 Å². The summed E-state index contributed by atoms with van der Waals surface area (Å²) in [5, 5.41) is 0. The Kier molecular flexibility index (Phi) is 3.72. The summed E-state index contributed by atoms with van der Waals surface area (Å²) in [6, 6.07) is 0. The van der Waals surface area contributed by atoms with Crippen LogP contribution in [0.4, 0.5) is 0 Å². The van der Waals surface area contributed by atoms with E-state index in [2.05, 4.69) is 52.9 Å². The standard InChI is InChI=1S/C12H18BrNO2/c1-12(2)9-15-8-10(16-12)7-14-6-4-3-5-11(14)13/h3-5,10H,6-9H2,1-2H3. The summed E-state index contributed by atoms with van der Waals surface area (Å²) in [4.78, 5) is 2.25. The molecule has 1 unspecified atom stereocenters. The Bertz CT molecular complexity index is 312. The highest BCUT2D eigenvalue weighted by Crippen LogP contribution is 2.22. The van der Waals surface area contributed by atoms with E-state index in [1.165, 1.54) is 0 Å². The molecule has 0 spiro atoms. The highest BCUT2D eigenvalue weighted by Gasteiger charge is 2.30. The van der Waals surface area contributed by atoms with Crippen molar-refractivity contribution in [3.63, 3.8) is 0 Å². The number of allylic oxidation sites excluding steroid dienone is 2. The van der Waals surface area contributed by atoms with Crippen molar-refractivity contribution < 1.29 is 9.47 Å². The summed E-state index contributed by atoms with van der Waals surface area (Å²) in [5.74, 6) is 0. The fraction of sp³-hybridized carbons (Fsp3) is 0.667. The number of ether oxygens (including phenoxy) is 2. The third-order valence-electron chi connectivity index (χ3n) is 2.66. The molecule has 0 aromatic heterocycles. The molecule has 0 aromatic rings. The van der Waals surface area contributed by atoms with Crippen LogP contribution < -0.4 is 0 Å². The van der Waals surface area contributed by atoms with Gasteiger partial charge in [0.25, 0.3) is 0 Å². The van der Waals surface area contributed by atoms with Crippen molar-refractivity contribution in [2.24, 2.45) is 0 Å². The molecule has 0 saturated carbocycles. The van der Waals surface area contributed by atoms with Gasteiger partial charge in [0.1, 0.15) is 0 Å². The van der Waals surface area contributed by atoms with Crippen molar-refractivity contribution in [2.45, 2.75) is 25.6 Å². The molecule has 3 nitrogen and oxygen atoms in total.